The predicted molar refractivity (Wildman–Crippen MR) is 181 cm³/mol. The van der Waals surface area contributed by atoms with Gasteiger partial charge in [0.15, 0.2) is 16.3 Å². The highest BCUT2D eigenvalue weighted by Gasteiger charge is 2.35. The van der Waals surface area contributed by atoms with Gasteiger partial charge in [0.1, 0.15) is 6.61 Å². The standard InChI is InChI=1S/C36H28Cl2N2O5S/c1-3-44-35(42)31-32(24-7-5-4-6-8-24)39-36-40(33(31)25-12-16-27(38)17-13-25)34(41)30(46-36)20-23-11-18-28(29(19-23)43-2)45-21-22-9-14-26(37)15-10-22/h4-20,33H,3,21H2,1-2H3/b30-20-. The fourth-order valence-corrected chi connectivity index (χ4v) is 6.44. The van der Waals surface area contributed by atoms with Crippen molar-refractivity contribution in [1.29, 1.82) is 0 Å². The number of halogens is 2. The third kappa shape index (κ3) is 6.51. The normalized spacial score (nSPS) is 14.4. The van der Waals surface area contributed by atoms with Crippen LogP contribution < -0.4 is 24.4 Å². The van der Waals surface area contributed by atoms with Gasteiger partial charge in [-0.15, -0.1) is 0 Å². The van der Waals surface area contributed by atoms with Crippen LogP contribution in [0.2, 0.25) is 10.0 Å². The van der Waals surface area contributed by atoms with Crippen LogP contribution in [-0.2, 0) is 16.1 Å². The fourth-order valence-electron chi connectivity index (χ4n) is 5.19. The molecule has 0 fully saturated rings. The first-order chi connectivity index (χ1) is 22.4. The third-order valence-corrected chi connectivity index (χ3v) is 8.84. The average molecular weight is 672 g/mol. The van der Waals surface area contributed by atoms with Gasteiger partial charge in [-0.1, -0.05) is 95.2 Å². The number of aromatic nitrogens is 1. The summed E-state index contributed by atoms with van der Waals surface area (Å²) in [6.45, 7) is 2.25. The molecule has 7 nitrogen and oxygen atoms in total. The molecule has 0 bridgehead atoms. The smallest absolute Gasteiger partial charge is 0.338 e. The summed E-state index contributed by atoms with van der Waals surface area (Å²) < 4.78 is 19.1. The quantitative estimate of drug-likeness (QED) is 0.161. The lowest BCUT2D eigenvalue weighted by Gasteiger charge is -2.25. The molecule has 2 heterocycles. The number of rotatable bonds is 9. The lowest BCUT2D eigenvalue weighted by Crippen LogP contribution is -2.40. The van der Waals surface area contributed by atoms with Crippen molar-refractivity contribution in [3.8, 4) is 11.5 Å². The van der Waals surface area contributed by atoms with Crippen molar-refractivity contribution in [1.82, 2.24) is 4.57 Å². The Balaban J connectivity index is 1.46. The lowest BCUT2D eigenvalue weighted by molar-refractivity contribution is -0.138. The molecule has 10 heteroatoms. The molecule has 1 unspecified atom stereocenters. The van der Waals surface area contributed by atoms with Crippen molar-refractivity contribution in [2.45, 2.75) is 19.6 Å². The van der Waals surface area contributed by atoms with E-state index >= 15 is 0 Å². The molecule has 0 spiro atoms. The summed E-state index contributed by atoms with van der Waals surface area (Å²) in [7, 11) is 1.57. The fraction of sp³-hybridized carbons (Fsp3) is 0.139. The number of carbonyl (C=O) groups excluding carboxylic acids is 1. The van der Waals surface area contributed by atoms with Crippen LogP contribution in [0.3, 0.4) is 0 Å². The van der Waals surface area contributed by atoms with E-state index in [1.54, 1.807) is 42.9 Å². The monoisotopic (exact) mass is 670 g/mol. The molecule has 0 N–H and O–H groups in total. The number of thiazole rings is 1. The zero-order valence-corrected chi connectivity index (χ0v) is 27.2. The van der Waals surface area contributed by atoms with Gasteiger partial charge in [-0.3, -0.25) is 9.36 Å². The molecule has 1 aromatic heterocycles. The summed E-state index contributed by atoms with van der Waals surface area (Å²) >= 11 is 13.5. The molecule has 1 aliphatic heterocycles. The molecule has 232 valence electrons. The molecule has 0 saturated carbocycles. The van der Waals surface area contributed by atoms with Gasteiger partial charge in [0.05, 0.1) is 35.6 Å². The highest BCUT2D eigenvalue weighted by molar-refractivity contribution is 7.07. The minimum absolute atomic E-state index is 0.170. The molecule has 0 radical (unpaired) electrons. The van der Waals surface area contributed by atoms with Gasteiger partial charge in [-0.25, -0.2) is 9.79 Å². The number of hydrogen-bond acceptors (Lipinski definition) is 7. The number of methoxy groups -OCH3 is 1. The maximum atomic E-state index is 14.2. The van der Waals surface area contributed by atoms with Gasteiger partial charge < -0.3 is 14.2 Å². The highest BCUT2D eigenvalue weighted by atomic mass is 35.5. The van der Waals surface area contributed by atoms with E-state index in [-0.39, 0.29) is 17.7 Å². The SMILES string of the molecule is CCOC(=O)C1=C(c2ccccc2)N=c2s/c(=C\c3ccc(OCc4ccc(Cl)cc4)c(OC)c3)c(=O)n2C1c1ccc(Cl)cc1. The van der Waals surface area contributed by atoms with Gasteiger partial charge in [-0.05, 0) is 66.1 Å². The van der Waals surface area contributed by atoms with Crippen molar-refractivity contribution in [3.05, 3.63) is 155 Å². The summed E-state index contributed by atoms with van der Waals surface area (Å²) in [5.41, 5.74) is 3.57. The number of fused-ring (bicyclic) bond motifs is 1. The maximum Gasteiger partial charge on any atom is 0.338 e. The summed E-state index contributed by atoms with van der Waals surface area (Å²) in [6.07, 6.45) is 1.78. The first-order valence-electron chi connectivity index (χ1n) is 14.5. The van der Waals surface area contributed by atoms with Gasteiger partial charge in [0.2, 0.25) is 0 Å². The van der Waals surface area contributed by atoms with Crippen LogP contribution >= 0.6 is 34.5 Å². The number of hydrogen-bond donors (Lipinski definition) is 0. The van der Waals surface area contributed by atoms with Crippen molar-refractivity contribution >= 4 is 52.3 Å². The molecule has 0 saturated heterocycles. The second-order valence-electron chi connectivity index (χ2n) is 10.3. The van der Waals surface area contributed by atoms with Gasteiger partial charge in [0, 0.05) is 15.6 Å². The summed E-state index contributed by atoms with van der Waals surface area (Å²) in [5, 5.41) is 1.19. The molecule has 46 heavy (non-hydrogen) atoms. The van der Waals surface area contributed by atoms with Crippen molar-refractivity contribution < 1.29 is 19.0 Å². The Hall–Kier alpha value is -4.63. The first kappa shape index (κ1) is 31.4. The second-order valence-corrected chi connectivity index (χ2v) is 12.2. The van der Waals surface area contributed by atoms with Gasteiger partial charge in [-0.2, -0.15) is 0 Å². The summed E-state index contributed by atoms with van der Waals surface area (Å²) in [5.74, 6) is 0.536. The van der Waals surface area contributed by atoms with Gasteiger partial charge >= 0.3 is 5.97 Å². The molecular weight excluding hydrogens is 643 g/mol. The number of esters is 1. The van der Waals surface area contributed by atoms with E-state index in [0.29, 0.717) is 48.7 Å². The third-order valence-electron chi connectivity index (χ3n) is 7.35. The molecule has 0 aliphatic carbocycles. The van der Waals surface area contributed by atoms with E-state index in [2.05, 4.69) is 0 Å². The number of ether oxygens (including phenoxy) is 3. The van der Waals surface area contributed by atoms with Crippen LogP contribution in [0.5, 0.6) is 11.5 Å². The number of carbonyl (C=O) groups is 1. The van der Waals surface area contributed by atoms with E-state index in [4.69, 9.17) is 42.4 Å². The molecule has 1 aliphatic rings. The zero-order valence-electron chi connectivity index (χ0n) is 24.9. The molecule has 4 aromatic carbocycles. The predicted octanol–water partition coefficient (Wildman–Crippen LogP) is 6.83. The van der Waals surface area contributed by atoms with E-state index in [9.17, 15) is 9.59 Å². The van der Waals surface area contributed by atoms with E-state index in [1.165, 1.54) is 11.3 Å². The van der Waals surface area contributed by atoms with Crippen molar-refractivity contribution in [2.24, 2.45) is 4.99 Å². The Labute approximate surface area is 279 Å². The number of nitrogens with zero attached hydrogens (tertiary/aromatic N) is 2. The molecule has 5 aromatic rings. The minimum atomic E-state index is -0.789. The van der Waals surface area contributed by atoms with E-state index in [1.807, 2.05) is 78.9 Å². The van der Waals surface area contributed by atoms with E-state index in [0.717, 1.165) is 16.7 Å². The topological polar surface area (TPSA) is 79.1 Å². The first-order valence-corrected chi connectivity index (χ1v) is 16.0. The van der Waals surface area contributed by atoms with Crippen LogP contribution in [0.25, 0.3) is 11.8 Å². The summed E-state index contributed by atoms with van der Waals surface area (Å²) in [4.78, 5) is 33.1. The van der Waals surface area contributed by atoms with Crippen molar-refractivity contribution in [3.63, 3.8) is 0 Å². The van der Waals surface area contributed by atoms with Crippen LogP contribution in [0.15, 0.2) is 112 Å². The minimum Gasteiger partial charge on any atom is -0.493 e. The molecule has 0 amide bonds. The van der Waals surface area contributed by atoms with E-state index < -0.39 is 12.0 Å². The Bertz CT molecular complexity index is 2110. The molecular formula is C36H28Cl2N2O5S. The Kier molecular flexibility index (Phi) is 9.40. The van der Waals surface area contributed by atoms with Crippen LogP contribution in [0.4, 0.5) is 0 Å². The Morgan fingerprint density at radius 2 is 1.63 bits per heavy atom. The van der Waals surface area contributed by atoms with Crippen molar-refractivity contribution in [2.75, 3.05) is 13.7 Å². The number of benzene rings is 4. The van der Waals surface area contributed by atoms with Gasteiger partial charge in [0.25, 0.3) is 5.56 Å². The largest absolute Gasteiger partial charge is 0.493 e. The zero-order chi connectivity index (χ0) is 32.2. The van der Waals surface area contributed by atoms with Crippen LogP contribution in [-0.4, -0.2) is 24.3 Å². The maximum absolute atomic E-state index is 14.2. The highest BCUT2D eigenvalue weighted by Crippen LogP contribution is 2.35. The lowest BCUT2D eigenvalue weighted by atomic mass is 9.93. The second kappa shape index (κ2) is 13.8. The molecule has 6 rings (SSSR count). The average Bonchev–Trinajstić information content (AvgIpc) is 3.38. The Morgan fingerprint density at radius 3 is 2.30 bits per heavy atom. The van der Waals surface area contributed by atoms with Crippen LogP contribution in [0, 0.1) is 0 Å². The molecule has 1 atom stereocenters. The Morgan fingerprint density at radius 1 is 0.935 bits per heavy atom. The van der Waals surface area contributed by atoms with Crippen LogP contribution in [0.1, 0.15) is 35.2 Å². The summed E-state index contributed by atoms with van der Waals surface area (Å²) in [6, 6.07) is 28.6.